The number of anilines is 1. The van der Waals surface area contributed by atoms with Crippen molar-refractivity contribution < 1.29 is 19.1 Å². The SMILES string of the molecule is C.Nc1ncc(-c2cnn(C3CCN(C(=O)C4CC4)CC3)c2)c2cc(-c3csc4cnccc34)oc12.O=CO. The second-order valence-corrected chi connectivity index (χ2v) is 10.5. The number of hydrogen-bond donors (Lipinski definition) is 2. The van der Waals surface area contributed by atoms with Crippen LogP contribution in [-0.4, -0.2) is 55.2 Å². The predicted molar refractivity (Wildman–Crippen MR) is 151 cm³/mol. The normalized spacial score (nSPS) is 15.5. The van der Waals surface area contributed by atoms with Crippen molar-refractivity contribution in [2.75, 3.05) is 18.8 Å². The van der Waals surface area contributed by atoms with Crippen molar-refractivity contribution in [3.63, 3.8) is 0 Å². The Morgan fingerprint density at radius 3 is 2.64 bits per heavy atom. The third-order valence-electron chi connectivity index (χ3n) is 7.22. The van der Waals surface area contributed by atoms with Crippen LogP contribution in [0.2, 0.25) is 0 Å². The Labute approximate surface area is 229 Å². The number of furan rings is 1. The summed E-state index contributed by atoms with van der Waals surface area (Å²) >= 11 is 1.64. The number of nitrogens with zero attached hydrogens (tertiary/aromatic N) is 5. The summed E-state index contributed by atoms with van der Waals surface area (Å²) in [6, 6.07) is 4.34. The number of likely N-dealkylation sites (tertiary alicyclic amines) is 1. The first-order valence-electron chi connectivity index (χ1n) is 12.5. The van der Waals surface area contributed by atoms with Crippen molar-refractivity contribution in [3.05, 3.63) is 48.5 Å². The van der Waals surface area contributed by atoms with Crippen LogP contribution >= 0.6 is 11.3 Å². The number of nitrogen functional groups attached to an aromatic ring is 1. The average Bonchev–Trinajstić information content (AvgIpc) is 3.31. The topological polar surface area (TPSA) is 140 Å². The lowest BCUT2D eigenvalue weighted by Gasteiger charge is -2.32. The summed E-state index contributed by atoms with van der Waals surface area (Å²) in [4.78, 5) is 31.4. The number of aromatic nitrogens is 4. The fourth-order valence-corrected chi connectivity index (χ4v) is 6.01. The Morgan fingerprint density at radius 1 is 1.13 bits per heavy atom. The molecule has 1 aliphatic heterocycles. The van der Waals surface area contributed by atoms with Gasteiger partial charge in [0.25, 0.3) is 6.47 Å². The zero-order chi connectivity index (χ0) is 26.2. The van der Waals surface area contributed by atoms with Gasteiger partial charge in [-0.3, -0.25) is 19.3 Å². The van der Waals surface area contributed by atoms with Gasteiger partial charge in [0.2, 0.25) is 5.91 Å². The molecule has 1 saturated carbocycles. The van der Waals surface area contributed by atoms with E-state index in [0.29, 0.717) is 17.3 Å². The number of thiophene rings is 1. The maximum Gasteiger partial charge on any atom is 0.290 e. The van der Waals surface area contributed by atoms with Crippen LogP contribution in [0.4, 0.5) is 5.82 Å². The van der Waals surface area contributed by atoms with Crippen molar-refractivity contribution in [2.45, 2.75) is 39.2 Å². The van der Waals surface area contributed by atoms with Crippen LogP contribution in [-0.2, 0) is 9.59 Å². The average molecular weight is 547 g/mol. The highest BCUT2D eigenvalue weighted by molar-refractivity contribution is 7.17. The van der Waals surface area contributed by atoms with Crippen LogP contribution in [0.5, 0.6) is 0 Å². The molecule has 0 unspecified atom stereocenters. The van der Waals surface area contributed by atoms with E-state index in [-0.39, 0.29) is 25.9 Å². The molecular weight excluding hydrogens is 516 g/mol. The van der Waals surface area contributed by atoms with Crippen LogP contribution in [0, 0.1) is 5.92 Å². The molecule has 2 fully saturated rings. The first kappa shape index (κ1) is 26.4. The molecule has 0 atom stereocenters. The molecule has 10 nitrogen and oxygen atoms in total. The third kappa shape index (κ3) is 4.97. The van der Waals surface area contributed by atoms with Gasteiger partial charge in [0.05, 0.1) is 16.9 Å². The Hall–Kier alpha value is -4.25. The molecule has 1 saturated heterocycles. The second kappa shape index (κ2) is 10.9. The van der Waals surface area contributed by atoms with Crippen molar-refractivity contribution in [3.8, 4) is 22.5 Å². The largest absolute Gasteiger partial charge is 0.483 e. The number of amides is 1. The number of piperidine rings is 1. The van der Waals surface area contributed by atoms with Crippen LogP contribution in [0.1, 0.15) is 39.2 Å². The van der Waals surface area contributed by atoms with E-state index in [2.05, 4.69) is 26.6 Å². The molecule has 5 aromatic rings. The number of carbonyl (C=O) groups is 2. The zero-order valence-corrected chi connectivity index (χ0v) is 21.3. The lowest BCUT2D eigenvalue weighted by atomic mass is 10.0. The van der Waals surface area contributed by atoms with Crippen molar-refractivity contribution in [2.24, 2.45) is 5.92 Å². The smallest absolute Gasteiger partial charge is 0.290 e. The fourth-order valence-electron chi connectivity index (χ4n) is 5.10. The second-order valence-electron chi connectivity index (χ2n) is 9.58. The molecule has 1 aliphatic carbocycles. The molecule has 6 heterocycles. The predicted octanol–water partition coefficient (Wildman–Crippen LogP) is 5.46. The van der Waals surface area contributed by atoms with E-state index in [1.165, 1.54) is 0 Å². The zero-order valence-electron chi connectivity index (χ0n) is 20.5. The summed E-state index contributed by atoms with van der Waals surface area (Å²) in [5.41, 5.74) is 9.74. The monoisotopic (exact) mass is 546 g/mol. The summed E-state index contributed by atoms with van der Waals surface area (Å²) < 4.78 is 9.38. The number of fused-ring (bicyclic) bond motifs is 2. The number of nitrogens with two attached hydrogens (primary N) is 1. The van der Waals surface area contributed by atoms with Gasteiger partial charge in [-0.15, -0.1) is 11.3 Å². The first-order chi connectivity index (χ1) is 18.6. The molecule has 0 spiro atoms. The lowest BCUT2D eigenvalue weighted by Crippen LogP contribution is -2.39. The molecule has 7 rings (SSSR count). The van der Waals surface area contributed by atoms with Gasteiger partial charge in [0, 0.05) is 76.6 Å². The first-order valence-corrected chi connectivity index (χ1v) is 13.4. The minimum atomic E-state index is -0.250. The standard InChI is InChI=1S/C26H24N6O2S.CH2O2.CH4/c27-25-24-19(9-22(34-24)21-14-35-23-12-28-6-3-18(21)23)20(11-29-25)16-10-30-32(13-16)17-4-7-31(8-5-17)26(33)15-1-2-15;2-1-3;/h3,6,9-15,17H,1-2,4-5,7-8H2,(H2,27,29);1H,(H,2,3);1H4. The number of hydrogen-bond acceptors (Lipinski definition) is 8. The highest BCUT2D eigenvalue weighted by Crippen LogP contribution is 2.40. The van der Waals surface area contributed by atoms with E-state index in [0.717, 1.165) is 76.7 Å². The van der Waals surface area contributed by atoms with Crippen molar-refractivity contribution >= 4 is 50.6 Å². The minimum absolute atomic E-state index is 0. The van der Waals surface area contributed by atoms with E-state index in [1.807, 2.05) is 34.1 Å². The van der Waals surface area contributed by atoms with Crippen LogP contribution in [0.25, 0.3) is 43.5 Å². The summed E-state index contributed by atoms with van der Waals surface area (Å²) in [7, 11) is 0. The van der Waals surface area contributed by atoms with Gasteiger partial charge < -0.3 is 20.2 Å². The summed E-state index contributed by atoms with van der Waals surface area (Å²) in [5.74, 6) is 1.76. The molecular formula is C28H30N6O4S. The van der Waals surface area contributed by atoms with E-state index < -0.39 is 0 Å². The molecule has 0 radical (unpaired) electrons. The molecule has 11 heteroatoms. The maximum absolute atomic E-state index is 12.4. The van der Waals surface area contributed by atoms with Crippen LogP contribution in [0.15, 0.2) is 52.9 Å². The molecule has 0 aromatic carbocycles. The number of carboxylic acid groups (broad SMARTS) is 1. The summed E-state index contributed by atoms with van der Waals surface area (Å²) in [6.45, 7) is 1.36. The van der Waals surface area contributed by atoms with Crippen LogP contribution < -0.4 is 5.73 Å². The minimum Gasteiger partial charge on any atom is -0.483 e. The van der Waals surface area contributed by atoms with E-state index in [4.69, 9.17) is 20.1 Å². The van der Waals surface area contributed by atoms with Gasteiger partial charge in [-0.25, -0.2) is 4.98 Å². The Balaban J connectivity index is 0.000000739. The summed E-state index contributed by atoms with van der Waals surface area (Å²) in [6.07, 6.45) is 13.4. The molecule has 202 valence electrons. The van der Waals surface area contributed by atoms with Crippen LogP contribution in [0.3, 0.4) is 0 Å². The maximum atomic E-state index is 12.4. The highest BCUT2D eigenvalue weighted by Gasteiger charge is 2.35. The fraction of sp³-hybridized carbons (Fsp3) is 0.321. The molecule has 0 bridgehead atoms. The van der Waals surface area contributed by atoms with Gasteiger partial charge in [-0.05, 0) is 37.8 Å². The van der Waals surface area contributed by atoms with Crippen molar-refractivity contribution in [1.29, 1.82) is 0 Å². The van der Waals surface area contributed by atoms with Crippen molar-refractivity contribution in [1.82, 2.24) is 24.6 Å². The third-order valence-corrected chi connectivity index (χ3v) is 8.15. The van der Waals surface area contributed by atoms with E-state index in [9.17, 15) is 4.79 Å². The molecule has 3 N–H and O–H groups in total. The molecule has 1 amide bonds. The number of carbonyl (C=O) groups excluding carboxylic acids is 1. The van der Waals surface area contributed by atoms with E-state index in [1.54, 1.807) is 23.7 Å². The Bertz CT molecular complexity index is 1630. The quantitative estimate of drug-likeness (QED) is 0.283. The highest BCUT2D eigenvalue weighted by atomic mass is 32.1. The molecule has 2 aliphatic rings. The van der Waals surface area contributed by atoms with Gasteiger partial charge in [-0.2, -0.15) is 5.10 Å². The van der Waals surface area contributed by atoms with Gasteiger partial charge >= 0.3 is 0 Å². The van der Waals surface area contributed by atoms with E-state index >= 15 is 0 Å². The Kier molecular flexibility index (Phi) is 7.34. The number of rotatable bonds is 4. The lowest BCUT2D eigenvalue weighted by molar-refractivity contribution is -0.133. The molecule has 39 heavy (non-hydrogen) atoms. The Morgan fingerprint density at radius 2 is 1.90 bits per heavy atom. The summed E-state index contributed by atoms with van der Waals surface area (Å²) in [5, 5.41) is 15.7. The number of pyridine rings is 2. The van der Waals surface area contributed by atoms with Gasteiger partial charge in [0.1, 0.15) is 5.76 Å². The molecule has 5 aromatic heterocycles. The van der Waals surface area contributed by atoms with Gasteiger partial charge in [-0.1, -0.05) is 7.43 Å². The van der Waals surface area contributed by atoms with Gasteiger partial charge in [0.15, 0.2) is 11.4 Å².